The number of rotatable bonds is 12. The van der Waals surface area contributed by atoms with Gasteiger partial charge in [0.25, 0.3) is 0 Å². The Morgan fingerprint density at radius 1 is 1.14 bits per heavy atom. The van der Waals surface area contributed by atoms with Gasteiger partial charge in [-0.3, -0.25) is 9.59 Å². The molecule has 0 fully saturated rings. The van der Waals surface area contributed by atoms with Gasteiger partial charge in [0.1, 0.15) is 11.5 Å². The molecule has 6 heteroatoms. The monoisotopic (exact) mass is 414 g/mol. The van der Waals surface area contributed by atoms with Gasteiger partial charge in [-0.05, 0) is 48.4 Å². The lowest BCUT2D eigenvalue weighted by atomic mass is 10.1. The summed E-state index contributed by atoms with van der Waals surface area (Å²) in [6.45, 7) is 2.82. The van der Waals surface area contributed by atoms with Crippen LogP contribution < -0.4 is 9.47 Å². The summed E-state index contributed by atoms with van der Waals surface area (Å²) in [5, 5.41) is 8.79. The number of benzene rings is 2. The van der Waals surface area contributed by atoms with Gasteiger partial charge < -0.3 is 14.6 Å². The minimum Gasteiger partial charge on any atom is -0.496 e. The SMILES string of the molecule is CCCCOc1ccc(/C=C/C(=O)c2ccc(OC)c(CSCC(=O)O)c2)cc1. The summed E-state index contributed by atoms with van der Waals surface area (Å²) in [5.41, 5.74) is 2.24. The fraction of sp³-hybridized carbons (Fsp3) is 0.304. The number of carbonyl (C=O) groups is 2. The van der Waals surface area contributed by atoms with Gasteiger partial charge in [-0.25, -0.2) is 0 Å². The lowest BCUT2D eigenvalue weighted by Gasteiger charge is -2.09. The number of thioether (sulfide) groups is 1. The van der Waals surface area contributed by atoms with Crippen molar-refractivity contribution in [3.63, 3.8) is 0 Å². The van der Waals surface area contributed by atoms with E-state index in [2.05, 4.69) is 6.92 Å². The van der Waals surface area contributed by atoms with Crippen LogP contribution in [0.25, 0.3) is 6.08 Å². The van der Waals surface area contributed by atoms with Crippen molar-refractivity contribution in [1.29, 1.82) is 0 Å². The van der Waals surface area contributed by atoms with Crippen molar-refractivity contribution in [3.8, 4) is 11.5 Å². The highest BCUT2D eigenvalue weighted by Crippen LogP contribution is 2.25. The molecule has 5 nitrogen and oxygen atoms in total. The predicted molar refractivity (Wildman–Crippen MR) is 117 cm³/mol. The maximum absolute atomic E-state index is 12.5. The van der Waals surface area contributed by atoms with Crippen LogP contribution in [0.15, 0.2) is 48.5 Å². The van der Waals surface area contributed by atoms with Crippen LogP contribution in [-0.2, 0) is 10.5 Å². The molecule has 2 rings (SSSR count). The van der Waals surface area contributed by atoms with Gasteiger partial charge >= 0.3 is 5.97 Å². The minimum absolute atomic E-state index is 0.000610. The summed E-state index contributed by atoms with van der Waals surface area (Å²) in [4.78, 5) is 23.2. The summed E-state index contributed by atoms with van der Waals surface area (Å²) in [6.07, 6.45) is 5.41. The number of unbranched alkanes of at least 4 members (excludes halogenated alkanes) is 1. The van der Waals surface area contributed by atoms with Gasteiger partial charge in [0.15, 0.2) is 5.78 Å². The summed E-state index contributed by atoms with van der Waals surface area (Å²) in [6, 6.07) is 12.8. The van der Waals surface area contributed by atoms with Crippen LogP contribution >= 0.6 is 11.8 Å². The highest BCUT2D eigenvalue weighted by molar-refractivity contribution is 7.99. The molecule has 0 aliphatic rings. The second kappa shape index (κ2) is 12.0. The third-order valence-corrected chi connectivity index (χ3v) is 5.09. The Bertz CT molecular complexity index is 843. The summed E-state index contributed by atoms with van der Waals surface area (Å²) >= 11 is 1.26. The molecule has 0 aliphatic carbocycles. The van der Waals surface area contributed by atoms with E-state index >= 15 is 0 Å². The highest BCUT2D eigenvalue weighted by atomic mass is 32.2. The van der Waals surface area contributed by atoms with Gasteiger partial charge in [-0.2, -0.15) is 0 Å². The topological polar surface area (TPSA) is 72.8 Å². The fourth-order valence-electron chi connectivity index (χ4n) is 2.57. The van der Waals surface area contributed by atoms with Gasteiger partial charge in [-0.1, -0.05) is 31.6 Å². The number of methoxy groups -OCH3 is 1. The summed E-state index contributed by atoms with van der Waals surface area (Å²) < 4.78 is 10.9. The van der Waals surface area contributed by atoms with E-state index in [0.717, 1.165) is 29.7 Å². The first kappa shape index (κ1) is 22.6. The van der Waals surface area contributed by atoms with Crippen molar-refractivity contribution in [2.75, 3.05) is 19.5 Å². The van der Waals surface area contributed by atoms with Crippen LogP contribution in [0.5, 0.6) is 11.5 Å². The molecule has 0 radical (unpaired) electrons. The lowest BCUT2D eigenvalue weighted by molar-refractivity contribution is -0.133. The van der Waals surface area contributed by atoms with E-state index in [1.165, 1.54) is 17.8 Å². The molecule has 154 valence electrons. The van der Waals surface area contributed by atoms with E-state index < -0.39 is 5.97 Å². The van der Waals surface area contributed by atoms with E-state index in [9.17, 15) is 9.59 Å². The molecule has 0 saturated heterocycles. The van der Waals surface area contributed by atoms with Crippen LogP contribution in [0.1, 0.15) is 41.3 Å². The van der Waals surface area contributed by atoms with Gasteiger partial charge in [0.05, 0.1) is 19.5 Å². The van der Waals surface area contributed by atoms with E-state index in [1.54, 1.807) is 31.4 Å². The molecule has 2 aromatic rings. The molecule has 1 N–H and O–H groups in total. The van der Waals surface area contributed by atoms with Crippen molar-refractivity contribution in [2.45, 2.75) is 25.5 Å². The third-order valence-electron chi connectivity index (χ3n) is 4.12. The Balaban J connectivity index is 2.02. The van der Waals surface area contributed by atoms with E-state index in [0.29, 0.717) is 23.7 Å². The second-order valence-corrected chi connectivity index (χ2v) is 7.37. The highest BCUT2D eigenvalue weighted by Gasteiger charge is 2.09. The third kappa shape index (κ3) is 7.66. The molecule has 0 heterocycles. The van der Waals surface area contributed by atoms with Crippen LogP contribution in [0.4, 0.5) is 0 Å². The van der Waals surface area contributed by atoms with Crippen LogP contribution in [0, 0.1) is 0 Å². The number of ketones is 1. The summed E-state index contributed by atoms with van der Waals surface area (Å²) in [5.74, 6) is 0.924. The van der Waals surface area contributed by atoms with E-state index in [1.807, 2.05) is 24.3 Å². The first-order valence-electron chi connectivity index (χ1n) is 9.45. The zero-order chi connectivity index (χ0) is 21.1. The summed E-state index contributed by atoms with van der Waals surface area (Å²) in [7, 11) is 1.55. The molecule has 0 unspecified atom stereocenters. The van der Waals surface area contributed by atoms with Crippen LogP contribution in [0.2, 0.25) is 0 Å². The molecule has 0 saturated carbocycles. The number of allylic oxidation sites excluding steroid dienone is 1. The number of hydrogen-bond donors (Lipinski definition) is 1. The molecular weight excluding hydrogens is 388 g/mol. The fourth-order valence-corrected chi connectivity index (χ4v) is 3.29. The molecular formula is C23H26O5S. The number of hydrogen-bond acceptors (Lipinski definition) is 5. The Kier molecular flexibility index (Phi) is 9.31. The Morgan fingerprint density at radius 3 is 2.55 bits per heavy atom. The van der Waals surface area contributed by atoms with Gasteiger partial charge in [-0.15, -0.1) is 11.8 Å². The minimum atomic E-state index is -0.870. The van der Waals surface area contributed by atoms with Crippen molar-refractivity contribution in [2.24, 2.45) is 0 Å². The Morgan fingerprint density at radius 2 is 1.90 bits per heavy atom. The van der Waals surface area contributed by atoms with Crippen molar-refractivity contribution < 1.29 is 24.2 Å². The van der Waals surface area contributed by atoms with E-state index in [-0.39, 0.29) is 11.5 Å². The largest absolute Gasteiger partial charge is 0.496 e. The zero-order valence-corrected chi connectivity index (χ0v) is 17.5. The number of carboxylic acid groups (broad SMARTS) is 1. The molecule has 0 aromatic heterocycles. The normalized spacial score (nSPS) is 10.8. The smallest absolute Gasteiger partial charge is 0.313 e. The van der Waals surface area contributed by atoms with E-state index in [4.69, 9.17) is 14.6 Å². The van der Waals surface area contributed by atoms with Crippen molar-refractivity contribution in [3.05, 3.63) is 65.2 Å². The molecule has 0 amide bonds. The average molecular weight is 415 g/mol. The number of carboxylic acids is 1. The molecule has 29 heavy (non-hydrogen) atoms. The maximum atomic E-state index is 12.5. The van der Waals surface area contributed by atoms with Crippen molar-refractivity contribution in [1.82, 2.24) is 0 Å². The molecule has 0 aliphatic heterocycles. The second-order valence-electron chi connectivity index (χ2n) is 6.38. The van der Waals surface area contributed by atoms with Crippen molar-refractivity contribution >= 4 is 29.6 Å². The quantitative estimate of drug-likeness (QED) is 0.296. The first-order valence-corrected chi connectivity index (χ1v) is 10.6. The molecule has 0 atom stereocenters. The van der Waals surface area contributed by atoms with Gasteiger partial charge in [0.2, 0.25) is 0 Å². The Hall–Kier alpha value is -2.73. The standard InChI is InChI=1S/C23H26O5S/c1-3-4-13-28-20-9-5-17(6-10-20)7-11-21(24)18-8-12-22(27-2)19(14-18)15-29-16-23(25)26/h5-12,14H,3-4,13,15-16H2,1-2H3,(H,25,26)/b11-7+. The Labute approximate surface area is 175 Å². The molecule has 0 bridgehead atoms. The number of carbonyl (C=O) groups excluding carboxylic acids is 1. The average Bonchev–Trinajstić information content (AvgIpc) is 2.72. The number of ether oxygens (including phenoxy) is 2. The zero-order valence-electron chi connectivity index (χ0n) is 16.7. The number of aliphatic carboxylic acids is 1. The van der Waals surface area contributed by atoms with Gasteiger partial charge in [0, 0.05) is 16.9 Å². The predicted octanol–water partition coefficient (Wildman–Crippen LogP) is 5.09. The van der Waals surface area contributed by atoms with Crippen LogP contribution in [0.3, 0.4) is 0 Å². The molecule has 0 spiro atoms. The lowest BCUT2D eigenvalue weighted by Crippen LogP contribution is -2.01. The maximum Gasteiger partial charge on any atom is 0.313 e. The first-order chi connectivity index (χ1) is 14.0. The molecule has 2 aromatic carbocycles. The van der Waals surface area contributed by atoms with Crippen LogP contribution in [-0.4, -0.2) is 36.3 Å².